The van der Waals surface area contributed by atoms with Crippen molar-refractivity contribution in [2.24, 2.45) is 0 Å². The molecule has 0 aromatic carbocycles. The normalized spacial score (nSPS) is 6.33. The molecule has 0 rings (SSSR count). The van der Waals surface area contributed by atoms with E-state index >= 15 is 0 Å². The van der Waals surface area contributed by atoms with E-state index < -0.39 is 0 Å². The minimum atomic E-state index is -0.333. The van der Waals surface area contributed by atoms with Crippen LogP contribution in [-0.4, -0.2) is 17.5 Å². The Bertz CT molecular complexity index is 44.1. The number of aliphatic hydroxyl groups is 1. The molecule has 0 heterocycles. The van der Waals surface area contributed by atoms with Gasteiger partial charge in [-0.25, -0.2) is 0 Å². The van der Waals surface area contributed by atoms with E-state index in [9.17, 15) is 4.79 Å². The van der Waals surface area contributed by atoms with Crippen LogP contribution < -0.4 is 0 Å². The topological polar surface area (TPSA) is 37.3 Å². The van der Waals surface area contributed by atoms with Gasteiger partial charge in [0, 0.05) is 44.1 Å². The van der Waals surface area contributed by atoms with Crippen LogP contribution in [0.4, 0.5) is 0 Å². The zero-order valence-corrected chi connectivity index (χ0v) is 8.39. The van der Waals surface area contributed by atoms with Crippen molar-refractivity contribution in [3.63, 3.8) is 0 Å². The quantitative estimate of drug-likeness (QED) is 0.713. The second-order valence-electron chi connectivity index (χ2n) is 0.860. The first-order valence-corrected chi connectivity index (χ1v) is 1.37. The molecule has 0 aliphatic heterocycles. The molecule has 0 aromatic rings. The SMILES string of the molecule is CC(=O)CO.[Ac]. The minimum Gasteiger partial charge on any atom is -0.389 e. The average Bonchev–Trinajstić information content (AvgIpc) is 1.38. The number of ketones is 1. The molecule has 0 bridgehead atoms. The van der Waals surface area contributed by atoms with Crippen LogP contribution in [0.2, 0.25) is 0 Å². The number of carbonyl (C=O) groups is 1. The van der Waals surface area contributed by atoms with Gasteiger partial charge in [-0.2, -0.15) is 0 Å². The van der Waals surface area contributed by atoms with E-state index in [-0.39, 0.29) is 56.5 Å². The summed E-state index contributed by atoms with van der Waals surface area (Å²) in [4.78, 5) is 9.56. The third-order valence-corrected chi connectivity index (χ3v) is 0.223. The molecule has 33 valence electrons. The smallest absolute Gasteiger partial charge is 0.155 e. The van der Waals surface area contributed by atoms with Gasteiger partial charge in [-0.3, -0.25) is 4.79 Å². The van der Waals surface area contributed by atoms with Crippen LogP contribution in [0.5, 0.6) is 0 Å². The molecule has 0 saturated carbocycles. The fourth-order valence-corrected chi connectivity index (χ4v) is 0. The maximum Gasteiger partial charge on any atom is 0.155 e. The minimum absolute atomic E-state index is 0. The van der Waals surface area contributed by atoms with Crippen molar-refractivity contribution < 1.29 is 54.0 Å². The summed E-state index contributed by atoms with van der Waals surface area (Å²) in [5, 5.41) is 7.79. The molecular formula is C3H6AcO2. The first-order chi connectivity index (χ1) is 2.27. The molecule has 0 aliphatic carbocycles. The molecule has 2 nitrogen and oxygen atoms in total. The molecule has 1 radical (unpaired) electrons. The fourth-order valence-electron chi connectivity index (χ4n) is 0. The molecule has 6 heavy (non-hydrogen) atoms. The Morgan fingerprint density at radius 2 is 2.00 bits per heavy atom. The number of Topliss-reactive ketones (excluding diaryl/α,β-unsaturated/α-hetero) is 1. The van der Waals surface area contributed by atoms with Crippen LogP contribution in [0.3, 0.4) is 0 Å². The summed E-state index contributed by atoms with van der Waals surface area (Å²) in [5.74, 6) is -0.190. The summed E-state index contributed by atoms with van der Waals surface area (Å²) in [7, 11) is 0. The van der Waals surface area contributed by atoms with Gasteiger partial charge < -0.3 is 5.11 Å². The van der Waals surface area contributed by atoms with Crippen LogP contribution in [0.1, 0.15) is 6.92 Å². The summed E-state index contributed by atoms with van der Waals surface area (Å²) >= 11 is 0. The van der Waals surface area contributed by atoms with Crippen molar-refractivity contribution in [1.29, 1.82) is 0 Å². The first-order valence-electron chi connectivity index (χ1n) is 1.37. The van der Waals surface area contributed by atoms with Gasteiger partial charge >= 0.3 is 0 Å². The standard InChI is InChI=1S/C3H6O2.Ac/c1-3(5)2-4;/h4H,2H2,1H3;. The van der Waals surface area contributed by atoms with Crippen LogP contribution in [0.15, 0.2) is 0 Å². The van der Waals surface area contributed by atoms with Gasteiger partial charge in [-0.15, -0.1) is 0 Å². The molecule has 3 heteroatoms. The molecule has 0 saturated heterocycles. The number of carbonyl (C=O) groups excluding carboxylic acids is 1. The Morgan fingerprint density at radius 1 is 1.83 bits per heavy atom. The van der Waals surface area contributed by atoms with Crippen LogP contribution in [0.25, 0.3) is 0 Å². The van der Waals surface area contributed by atoms with Crippen LogP contribution in [-0.2, 0) is 4.79 Å². The molecule has 0 aromatic heterocycles. The molecule has 0 unspecified atom stereocenters. The van der Waals surface area contributed by atoms with Gasteiger partial charge in [0.05, 0.1) is 0 Å². The number of hydrogen-bond acceptors (Lipinski definition) is 2. The first kappa shape index (κ1) is 10.1. The van der Waals surface area contributed by atoms with Gasteiger partial charge in [0.15, 0.2) is 5.78 Å². The molecule has 0 aliphatic rings. The van der Waals surface area contributed by atoms with Gasteiger partial charge in [0.25, 0.3) is 0 Å². The molecule has 0 fully saturated rings. The average molecular weight is 301 g/mol. The van der Waals surface area contributed by atoms with E-state index in [4.69, 9.17) is 5.11 Å². The maximum absolute atomic E-state index is 9.56. The van der Waals surface area contributed by atoms with Gasteiger partial charge in [-0.05, 0) is 6.92 Å². The third-order valence-electron chi connectivity index (χ3n) is 0.223. The van der Waals surface area contributed by atoms with Crippen LogP contribution >= 0.6 is 0 Å². The summed E-state index contributed by atoms with van der Waals surface area (Å²) < 4.78 is 0. The number of rotatable bonds is 1. The summed E-state index contributed by atoms with van der Waals surface area (Å²) in [6.07, 6.45) is 0. The number of aliphatic hydroxyl groups excluding tert-OH is 1. The van der Waals surface area contributed by atoms with Gasteiger partial charge in [0.2, 0.25) is 0 Å². The van der Waals surface area contributed by atoms with Crippen molar-refractivity contribution in [3.8, 4) is 0 Å². The van der Waals surface area contributed by atoms with E-state index in [2.05, 4.69) is 0 Å². The number of hydrogen-bond donors (Lipinski definition) is 1. The third kappa shape index (κ3) is 8.91. The molecule has 1 N–H and O–H groups in total. The van der Waals surface area contributed by atoms with Crippen molar-refractivity contribution >= 4 is 5.78 Å². The van der Waals surface area contributed by atoms with Crippen LogP contribution in [0, 0.1) is 44.1 Å². The molecular weight excluding hydrogens is 295 g/mol. The second kappa shape index (κ2) is 6.07. The Labute approximate surface area is 72.5 Å². The zero-order valence-electron chi connectivity index (χ0n) is 3.64. The summed E-state index contributed by atoms with van der Waals surface area (Å²) in [5.41, 5.74) is 0. The Balaban J connectivity index is 0. The van der Waals surface area contributed by atoms with E-state index in [0.29, 0.717) is 0 Å². The Hall–Kier alpha value is 1.07. The predicted octanol–water partition coefficient (Wildman–Crippen LogP) is -0.432. The second-order valence-corrected chi connectivity index (χ2v) is 0.860. The summed E-state index contributed by atoms with van der Waals surface area (Å²) in [6.45, 7) is 1.000. The molecule has 0 amide bonds. The van der Waals surface area contributed by atoms with E-state index in [1.165, 1.54) is 6.92 Å². The van der Waals surface area contributed by atoms with Gasteiger partial charge in [-0.1, -0.05) is 0 Å². The predicted molar refractivity (Wildman–Crippen MR) is 17.8 cm³/mol. The summed E-state index contributed by atoms with van der Waals surface area (Å²) in [6, 6.07) is 0. The van der Waals surface area contributed by atoms with Crippen molar-refractivity contribution in [3.05, 3.63) is 0 Å². The Kier molecular flexibility index (Phi) is 10.3. The molecule has 0 atom stereocenters. The van der Waals surface area contributed by atoms with E-state index in [1.807, 2.05) is 0 Å². The maximum atomic E-state index is 9.56. The van der Waals surface area contributed by atoms with Crippen molar-refractivity contribution in [1.82, 2.24) is 0 Å². The Morgan fingerprint density at radius 3 is 2.00 bits per heavy atom. The molecule has 0 spiro atoms. The van der Waals surface area contributed by atoms with E-state index in [1.54, 1.807) is 0 Å². The van der Waals surface area contributed by atoms with E-state index in [0.717, 1.165) is 0 Å². The zero-order chi connectivity index (χ0) is 4.28. The van der Waals surface area contributed by atoms with Crippen molar-refractivity contribution in [2.45, 2.75) is 6.92 Å². The largest absolute Gasteiger partial charge is 0.389 e. The monoisotopic (exact) mass is 301 g/mol. The van der Waals surface area contributed by atoms with Gasteiger partial charge in [0.1, 0.15) is 6.61 Å². The van der Waals surface area contributed by atoms with Crippen molar-refractivity contribution in [2.75, 3.05) is 6.61 Å². The fraction of sp³-hybridized carbons (Fsp3) is 0.667.